The van der Waals surface area contributed by atoms with Gasteiger partial charge in [0.25, 0.3) is 0 Å². The Labute approximate surface area is 103 Å². The molecule has 0 saturated carbocycles. The average Bonchev–Trinajstić information content (AvgIpc) is 2.71. The van der Waals surface area contributed by atoms with E-state index in [1.54, 1.807) is 0 Å². The number of rotatable bonds is 3. The number of hydrogen-bond acceptors (Lipinski definition) is 3. The molecule has 1 aromatic heterocycles. The Hall–Kier alpha value is -0.0600. The van der Waals surface area contributed by atoms with Crippen LogP contribution in [-0.4, -0.2) is 22.5 Å². The Morgan fingerprint density at radius 2 is 2.47 bits per heavy atom. The van der Waals surface area contributed by atoms with Gasteiger partial charge in [0.05, 0.1) is 5.69 Å². The molecule has 82 valence electrons. The van der Waals surface area contributed by atoms with Gasteiger partial charge in [-0.1, -0.05) is 0 Å². The van der Waals surface area contributed by atoms with Crippen molar-refractivity contribution in [3.63, 3.8) is 0 Å². The predicted octanol–water partition coefficient (Wildman–Crippen LogP) is 3.00. The average molecular weight is 287 g/mol. The van der Waals surface area contributed by atoms with Crippen LogP contribution in [0.1, 0.15) is 25.1 Å². The smallest absolute Gasteiger partial charge is 0.0571 e. The standard InChI is InChI=1S/C11H15BrN2S/c1-8(14-10-4-5-15-7-10)11-3-2-9(12)6-13-11/h2-3,6,8,10,14H,4-5,7H2,1H3. The summed E-state index contributed by atoms with van der Waals surface area (Å²) in [6, 6.07) is 5.13. The fourth-order valence-electron chi connectivity index (χ4n) is 1.75. The van der Waals surface area contributed by atoms with Crippen molar-refractivity contribution in [2.75, 3.05) is 11.5 Å². The lowest BCUT2D eigenvalue weighted by molar-refractivity contribution is 0.478. The first-order valence-corrected chi connectivity index (χ1v) is 7.16. The topological polar surface area (TPSA) is 24.9 Å². The summed E-state index contributed by atoms with van der Waals surface area (Å²) in [5.74, 6) is 2.53. The second-order valence-corrected chi connectivity index (χ2v) is 5.92. The third-order valence-electron chi connectivity index (χ3n) is 2.61. The molecule has 0 aromatic carbocycles. The molecule has 2 heterocycles. The van der Waals surface area contributed by atoms with E-state index in [2.05, 4.69) is 39.2 Å². The van der Waals surface area contributed by atoms with Gasteiger partial charge in [-0.3, -0.25) is 4.98 Å². The molecule has 1 fully saturated rings. The van der Waals surface area contributed by atoms with Gasteiger partial charge in [0.15, 0.2) is 0 Å². The highest BCUT2D eigenvalue weighted by molar-refractivity contribution is 9.10. The van der Waals surface area contributed by atoms with E-state index in [9.17, 15) is 0 Å². The maximum absolute atomic E-state index is 4.40. The van der Waals surface area contributed by atoms with Gasteiger partial charge in [-0.05, 0) is 47.2 Å². The van der Waals surface area contributed by atoms with E-state index >= 15 is 0 Å². The third-order valence-corrected chi connectivity index (χ3v) is 4.24. The zero-order chi connectivity index (χ0) is 10.7. The summed E-state index contributed by atoms with van der Waals surface area (Å²) >= 11 is 5.43. The van der Waals surface area contributed by atoms with Crippen LogP contribution in [-0.2, 0) is 0 Å². The number of thioether (sulfide) groups is 1. The van der Waals surface area contributed by atoms with Crippen LogP contribution in [0, 0.1) is 0 Å². The van der Waals surface area contributed by atoms with Crippen molar-refractivity contribution < 1.29 is 0 Å². The van der Waals surface area contributed by atoms with E-state index in [1.165, 1.54) is 17.9 Å². The van der Waals surface area contributed by atoms with Crippen LogP contribution in [0.4, 0.5) is 0 Å². The van der Waals surface area contributed by atoms with E-state index in [0.29, 0.717) is 12.1 Å². The van der Waals surface area contributed by atoms with E-state index in [4.69, 9.17) is 0 Å². The minimum atomic E-state index is 0.349. The van der Waals surface area contributed by atoms with Gasteiger partial charge >= 0.3 is 0 Å². The van der Waals surface area contributed by atoms with Crippen molar-refractivity contribution in [2.45, 2.75) is 25.4 Å². The van der Waals surface area contributed by atoms with Crippen molar-refractivity contribution in [3.05, 3.63) is 28.5 Å². The molecule has 15 heavy (non-hydrogen) atoms. The fraction of sp³-hybridized carbons (Fsp3) is 0.545. The van der Waals surface area contributed by atoms with Crippen LogP contribution >= 0.6 is 27.7 Å². The molecule has 1 saturated heterocycles. The van der Waals surface area contributed by atoms with Gasteiger partial charge in [0.2, 0.25) is 0 Å². The van der Waals surface area contributed by atoms with Crippen molar-refractivity contribution in [1.82, 2.24) is 10.3 Å². The van der Waals surface area contributed by atoms with Gasteiger partial charge in [0, 0.05) is 28.5 Å². The minimum Gasteiger partial charge on any atom is -0.305 e. The molecule has 1 aliphatic rings. The number of halogens is 1. The predicted molar refractivity (Wildman–Crippen MR) is 69.2 cm³/mol. The summed E-state index contributed by atoms with van der Waals surface area (Å²) < 4.78 is 1.04. The Bertz CT molecular complexity index is 309. The molecule has 0 radical (unpaired) electrons. The van der Waals surface area contributed by atoms with E-state index in [-0.39, 0.29) is 0 Å². The molecule has 1 N–H and O–H groups in total. The first-order chi connectivity index (χ1) is 7.25. The highest BCUT2D eigenvalue weighted by Crippen LogP contribution is 2.20. The highest BCUT2D eigenvalue weighted by atomic mass is 79.9. The van der Waals surface area contributed by atoms with Gasteiger partial charge in [-0.2, -0.15) is 11.8 Å². The summed E-state index contributed by atoms with van der Waals surface area (Å²) in [6.07, 6.45) is 3.14. The molecule has 2 nitrogen and oxygen atoms in total. The van der Waals surface area contributed by atoms with E-state index in [1.807, 2.05) is 24.0 Å². The number of pyridine rings is 1. The van der Waals surface area contributed by atoms with Crippen LogP contribution in [0.3, 0.4) is 0 Å². The number of nitrogens with zero attached hydrogens (tertiary/aromatic N) is 1. The zero-order valence-corrected chi connectivity index (χ0v) is 11.1. The van der Waals surface area contributed by atoms with Crippen LogP contribution in [0.15, 0.2) is 22.8 Å². The molecule has 0 bridgehead atoms. The molecule has 2 unspecified atom stereocenters. The molecule has 1 aliphatic heterocycles. The normalized spacial score (nSPS) is 22.9. The van der Waals surface area contributed by atoms with Crippen LogP contribution in [0.5, 0.6) is 0 Å². The summed E-state index contributed by atoms with van der Waals surface area (Å²) in [5, 5.41) is 3.62. The zero-order valence-electron chi connectivity index (χ0n) is 8.74. The van der Waals surface area contributed by atoms with E-state index < -0.39 is 0 Å². The lowest BCUT2D eigenvalue weighted by atomic mass is 10.1. The molecular weight excluding hydrogens is 272 g/mol. The van der Waals surface area contributed by atoms with Crippen molar-refractivity contribution in [2.24, 2.45) is 0 Å². The Morgan fingerprint density at radius 1 is 1.60 bits per heavy atom. The maximum Gasteiger partial charge on any atom is 0.0571 e. The van der Waals surface area contributed by atoms with Gasteiger partial charge < -0.3 is 5.32 Å². The first kappa shape index (κ1) is 11.4. The molecule has 2 atom stereocenters. The summed E-state index contributed by atoms with van der Waals surface area (Å²) in [6.45, 7) is 2.18. The summed E-state index contributed by atoms with van der Waals surface area (Å²) in [5.41, 5.74) is 1.12. The van der Waals surface area contributed by atoms with E-state index in [0.717, 1.165) is 10.2 Å². The second-order valence-electron chi connectivity index (χ2n) is 3.85. The lowest BCUT2D eigenvalue weighted by Gasteiger charge is -2.18. The highest BCUT2D eigenvalue weighted by Gasteiger charge is 2.18. The van der Waals surface area contributed by atoms with Crippen molar-refractivity contribution in [3.8, 4) is 0 Å². The first-order valence-electron chi connectivity index (χ1n) is 5.21. The molecule has 0 amide bonds. The summed E-state index contributed by atoms with van der Waals surface area (Å²) in [4.78, 5) is 4.40. The van der Waals surface area contributed by atoms with Gasteiger partial charge in [-0.25, -0.2) is 0 Å². The number of nitrogens with one attached hydrogen (secondary N) is 1. The third kappa shape index (κ3) is 3.20. The van der Waals surface area contributed by atoms with Gasteiger partial charge in [0.1, 0.15) is 0 Å². The van der Waals surface area contributed by atoms with Crippen molar-refractivity contribution >= 4 is 27.7 Å². The minimum absolute atomic E-state index is 0.349. The van der Waals surface area contributed by atoms with Gasteiger partial charge in [-0.15, -0.1) is 0 Å². The quantitative estimate of drug-likeness (QED) is 0.925. The largest absolute Gasteiger partial charge is 0.305 e. The second kappa shape index (κ2) is 5.32. The molecule has 0 spiro atoms. The Kier molecular flexibility index (Phi) is 4.05. The SMILES string of the molecule is CC(NC1CCSC1)c1ccc(Br)cn1. The molecule has 4 heteroatoms. The number of aromatic nitrogens is 1. The maximum atomic E-state index is 4.40. The Morgan fingerprint density at radius 3 is 3.07 bits per heavy atom. The lowest BCUT2D eigenvalue weighted by Crippen LogP contribution is -2.31. The van der Waals surface area contributed by atoms with Crippen LogP contribution in [0.2, 0.25) is 0 Å². The molecule has 2 rings (SSSR count). The summed E-state index contributed by atoms with van der Waals surface area (Å²) in [7, 11) is 0. The molecular formula is C11H15BrN2S. The monoisotopic (exact) mass is 286 g/mol. The fourth-order valence-corrected chi connectivity index (χ4v) is 3.15. The Balaban J connectivity index is 1.94. The molecule has 0 aliphatic carbocycles. The van der Waals surface area contributed by atoms with Crippen LogP contribution in [0.25, 0.3) is 0 Å². The molecule has 1 aromatic rings. The van der Waals surface area contributed by atoms with Crippen molar-refractivity contribution in [1.29, 1.82) is 0 Å². The van der Waals surface area contributed by atoms with Crippen LogP contribution < -0.4 is 5.32 Å². The number of hydrogen-bond donors (Lipinski definition) is 1.